The third-order valence-corrected chi connectivity index (χ3v) is 4.29. The summed E-state index contributed by atoms with van der Waals surface area (Å²) >= 11 is 0. The van der Waals surface area contributed by atoms with Crippen molar-refractivity contribution < 1.29 is 13.6 Å². The van der Waals surface area contributed by atoms with Crippen molar-refractivity contribution in [3.8, 4) is 22.8 Å². The molecule has 0 bridgehead atoms. The van der Waals surface area contributed by atoms with Crippen LogP contribution in [0.3, 0.4) is 0 Å². The molecule has 7 heteroatoms. The zero-order valence-electron chi connectivity index (χ0n) is 15.3. The van der Waals surface area contributed by atoms with Crippen molar-refractivity contribution in [1.82, 2.24) is 14.8 Å². The first-order valence-corrected chi connectivity index (χ1v) is 8.65. The van der Waals surface area contributed by atoms with Crippen molar-refractivity contribution in [2.75, 3.05) is 5.32 Å². The van der Waals surface area contributed by atoms with E-state index in [2.05, 4.69) is 15.4 Å². The van der Waals surface area contributed by atoms with Crippen molar-refractivity contribution in [3.05, 3.63) is 77.9 Å². The average molecular weight is 376 g/mol. The van der Waals surface area contributed by atoms with Gasteiger partial charge < -0.3 is 9.73 Å². The minimum atomic E-state index is -0.400. The van der Waals surface area contributed by atoms with E-state index in [0.29, 0.717) is 28.3 Å². The number of benzene rings is 2. The van der Waals surface area contributed by atoms with Crippen molar-refractivity contribution >= 4 is 11.7 Å². The summed E-state index contributed by atoms with van der Waals surface area (Å²) in [5, 5.41) is 7.06. The zero-order valence-corrected chi connectivity index (χ0v) is 15.3. The molecule has 0 aliphatic rings. The van der Waals surface area contributed by atoms with Crippen molar-refractivity contribution in [3.63, 3.8) is 0 Å². The number of nitrogens with zero attached hydrogens (tertiary/aromatic N) is 3. The molecular formula is C21H17FN4O2. The number of aromatic nitrogens is 3. The van der Waals surface area contributed by atoms with Gasteiger partial charge in [-0.1, -0.05) is 24.3 Å². The van der Waals surface area contributed by atoms with Gasteiger partial charge in [0.1, 0.15) is 11.6 Å². The van der Waals surface area contributed by atoms with Gasteiger partial charge in [0, 0.05) is 18.7 Å². The maximum atomic E-state index is 14.0. The van der Waals surface area contributed by atoms with Crippen LogP contribution in [0, 0.1) is 12.7 Å². The molecule has 2 heterocycles. The summed E-state index contributed by atoms with van der Waals surface area (Å²) in [5.41, 5.74) is 2.02. The predicted molar refractivity (Wildman–Crippen MR) is 103 cm³/mol. The molecular weight excluding hydrogens is 359 g/mol. The molecule has 0 unspecified atom stereocenters. The molecule has 4 aromatic rings. The Morgan fingerprint density at radius 2 is 1.82 bits per heavy atom. The van der Waals surface area contributed by atoms with Gasteiger partial charge in [-0.2, -0.15) is 5.10 Å². The molecule has 1 amide bonds. The Balaban J connectivity index is 1.68. The van der Waals surface area contributed by atoms with Crippen LogP contribution in [0.1, 0.15) is 16.1 Å². The standard InChI is InChI=1S/C21H17FN4O2/c1-13-11-19(26(2)25-13)24-20(27)14-7-3-4-8-15(14)21-23-12-18(28-21)16-9-5-6-10-17(16)22/h3-12H,1-2H3,(H,24,27). The monoisotopic (exact) mass is 376 g/mol. The number of carbonyl (C=O) groups is 1. The number of rotatable bonds is 4. The molecule has 0 atom stereocenters. The maximum absolute atomic E-state index is 14.0. The largest absolute Gasteiger partial charge is 0.436 e. The summed E-state index contributed by atoms with van der Waals surface area (Å²) < 4.78 is 21.4. The SMILES string of the molecule is Cc1cc(NC(=O)c2ccccc2-c2ncc(-c3ccccc3F)o2)n(C)n1. The predicted octanol–water partition coefficient (Wildman–Crippen LogP) is 4.44. The summed E-state index contributed by atoms with van der Waals surface area (Å²) in [6.07, 6.45) is 1.45. The van der Waals surface area contributed by atoms with Crippen LogP contribution in [-0.2, 0) is 7.05 Å². The van der Waals surface area contributed by atoms with Gasteiger partial charge in [0.15, 0.2) is 5.76 Å². The highest BCUT2D eigenvalue weighted by molar-refractivity contribution is 6.07. The molecule has 0 fully saturated rings. The van der Waals surface area contributed by atoms with Gasteiger partial charge in [-0.15, -0.1) is 0 Å². The van der Waals surface area contributed by atoms with Crippen LogP contribution in [0.5, 0.6) is 0 Å². The number of nitrogens with one attached hydrogen (secondary N) is 1. The van der Waals surface area contributed by atoms with Crippen molar-refractivity contribution in [1.29, 1.82) is 0 Å². The first-order chi connectivity index (χ1) is 13.5. The lowest BCUT2D eigenvalue weighted by Crippen LogP contribution is -2.15. The molecule has 2 aromatic heterocycles. The van der Waals surface area contributed by atoms with Gasteiger partial charge in [0.05, 0.1) is 23.0 Å². The maximum Gasteiger partial charge on any atom is 0.257 e. The fraction of sp³-hybridized carbons (Fsp3) is 0.0952. The second-order valence-corrected chi connectivity index (χ2v) is 6.30. The van der Waals surface area contributed by atoms with Gasteiger partial charge in [-0.3, -0.25) is 9.48 Å². The van der Waals surface area contributed by atoms with Crippen LogP contribution >= 0.6 is 0 Å². The van der Waals surface area contributed by atoms with Crippen LogP contribution in [0.2, 0.25) is 0 Å². The molecule has 0 saturated heterocycles. The van der Waals surface area contributed by atoms with Gasteiger partial charge in [0.2, 0.25) is 5.89 Å². The number of aryl methyl sites for hydroxylation is 2. The van der Waals surface area contributed by atoms with E-state index in [-0.39, 0.29) is 11.8 Å². The lowest BCUT2D eigenvalue weighted by atomic mass is 10.1. The Morgan fingerprint density at radius 1 is 1.11 bits per heavy atom. The number of anilines is 1. The lowest BCUT2D eigenvalue weighted by Gasteiger charge is -2.08. The van der Waals surface area contributed by atoms with Gasteiger partial charge in [-0.25, -0.2) is 9.37 Å². The first-order valence-electron chi connectivity index (χ1n) is 8.65. The van der Waals surface area contributed by atoms with E-state index >= 15 is 0 Å². The van der Waals surface area contributed by atoms with E-state index in [1.54, 1.807) is 60.3 Å². The topological polar surface area (TPSA) is 73.0 Å². The van der Waals surface area contributed by atoms with E-state index in [0.717, 1.165) is 5.69 Å². The van der Waals surface area contributed by atoms with Gasteiger partial charge in [-0.05, 0) is 31.2 Å². The van der Waals surface area contributed by atoms with Crippen molar-refractivity contribution in [2.24, 2.45) is 7.05 Å². The van der Waals surface area contributed by atoms with Crippen LogP contribution in [0.4, 0.5) is 10.2 Å². The Labute approximate surface area is 160 Å². The fourth-order valence-electron chi connectivity index (χ4n) is 2.96. The Kier molecular flexibility index (Phi) is 4.49. The lowest BCUT2D eigenvalue weighted by molar-refractivity contribution is 0.102. The van der Waals surface area contributed by atoms with E-state index in [1.165, 1.54) is 12.3 Å². The van der Waals surface area contributed by atoms with E-state index < -0.39 is 5.82 Å². The minimum absolute atomic E-state index is 0.241. The number of hydrogen-bond acceptors (Lipinski definition) is 4. The highest BCUT2D eigenvalue weighted by Gasteiger charge is 2.19. The van der Waals surface area contributed by atoms with Crippen molar-refractivity contribution in [2.45, 2.75) is 6.92 Å². The number of hydrogen-bond donors (Lipinski definition) is 1. The molecule has 6 nitrogen and oxygen atoms in total. The number of carbonyl (C=O) groups excluding carboxylic acids is 1. The second kappa shape index (κ2) is 7.11. The highest BCUT2D eigenvalue weighted by Crippen LogP contribution is 2.29. The third-order valence-electron chi connectivity index (χ3n) is 4.29. The number of oxazole rings is 1. The Hall–Kier alpha value is -3.74. The Morgan fingerprint density at radius 3 is 2.54 bits per heavy atom. The molecule has 2 aromatic carbocycles. The number of amides is 1. The van der Waals surface area contributed by atoms with Crippen LogP contribution in [-0.4, -0.2) is 20.7 Å². The van der Waals surface area contributed by atoms with E-state index in [9.17, 15) is 9.18 Å². The molecule has 0 spiro atoms. The molecule has 1 N–H and O–H groups in total. The molecule has 4 rings (SSSR count). The second-order valence-electron chi connectivity index (χ2n) is 6.30. The van der Waals surface area contributed by atoms with E-state index in [4.69, 9.17) is 4.42 Å². The van der Waals surface area contributed by atoms with E-state index in [1.807, 2.05) is 6.92 Å². The average Bonchev–Trinajstić information content (AvgIpc) is 3.29. The van der Waals surface area contributed by atoms with Gasteiger partial charge in [0.25, 0.3) is 5.91 Å². The molecule has 28 heavy (non-hydrogen) atoms. The zero-order chi connectivity index (χ0) is 19.7. The highest BCUT2D eigenvalue weighted by atomic mass is 19.1. The molecule has 0 saturated carbocycles. The third kappa shape index (κ3) is 3.29. The summed E-state index contributed by atoms with van der Waals surface area (Å²) in [7, 11) is 1.75. The van der Waals surface area contributed by atoms with Crippen LogP contribution in [0.15, 0.2) is 65.2 Å². The number of halogens is 1. The molecule has 0 aliphatic carbocycles. The van der Waals surface area contributed by atoms with Crippen LogP contribution < -0.4 is 5.32 Å². The fourth-order valence-corrected chi connectivity index (χ4v) is 2.96. The summed E-state index contributed by atoms with van der Waals surface area (Å²) in [4.78, 5) is 17.1. The van der Waals surface area contributed by atoms with Crippen LogP contribution in [0.25, 0.3) is 22.8 Å². The first kappa shape index (κ1) is 17.7. The smallest absolute Gasteiger partial charge is 0.257 e. The molecule has 0 radical (unpaired) electrons. The summed E-state index contributed by atoms with van der Waals surface area (Å²) in [6, 6.07) is 15.0. The quantitative estimate of drug-likeness (QED) is 0.571. The minimum Gasteiger partial charge on any atom is -0.436 e. The molecule has 140 valence electrons. The molecule has 0 aliphatic heterocycles. The summed E-state index contributed by atoms with van der Waals surface area (Å²) in [6.45, 7) is 1.85. The Bertz CT molecular complexity index is 1160. The normalized spacial score (nSPS) is 10.8. The van der Waals surface area contributed by atoms with Gasteiger partial charge >= 0.3 is 0 Å². The summed E-state index contributed by atoms with van der Waals surface area (Å²) in [5.74, 6) is 0.402.